The zero-order valence-electron chi connectivity index (χ0n) is 16.6. The first-order valence-corrected chi connectivity index (χ1v) is 11.8. The third kappa shape index (κ3) is 5.31. The Labute approximate surface area is 155 Å². The Morgan fingerprint density at radius 1 is 1.00 bits per heavy atom. The minimum Gasteiger partial charge on any atom is -0.298 e. The molecule has 0 radical (unpaired) electrons. The third-order valence-corrected chi connectivity index (χ3v) is 10.8. The average molecular weight is 389 g/mol. The first kappa shape index (κ1) is 22.2. The van der Waals surface area contributed by atoms with Gasteiger partial charge in [0.1, 0.15) is 5.78 Å². The van der Waals surface area contributed by atoms with E-state index in [-0.39, 0.29) is 26.9 Å². The second-order valence-corrected chi connectivity index (χ2v) is 13.7. The molecule has 0 saturated carbocycles. The van der Waals surface area contributed by atoms with E-state index in [1.54, 1.807) is 24.3 Å². The highest BCUT2D eigenvalue weighted by molar-refractivity contribution is 8.34. The van der Waals surface area contributed by atoms with Crippen molar-refractivity contribution in [1.82, 2.24) is 0 Å². The molecule has 0 N–H and O–H groups in total. The highest BCUT2D eigenvalue weighted by Crippen LogP contribution is 2.60. The van der Waals surface area contributed by atoms with Crippen molar-refractivity contribution in [2.75, 3.05) is 5.75 Å². The van der Waals surface area contributed by atoms with Crippen LogP contribution in [0.4, 0.5) is 0 Å². The second kappa shape index (κ2) is 7.80. The maximum Gasteiger partial charge on any atom is 0.306 e. The molecule has 0 aliphatic rings. The summed E-state index contributed by atoms with van der Waals surface area (Å²) >= 11 is 0. The smallest absolute Gasteiger partial charge is 0.298 e. The number of ketones is 1. The van der Waals surface area contributed by atoms with Crippen molar-refractivity contribution in [2.45, 2.75) is 70.8 Å². The molecule has 0 amide bonds. The Kier molecular flexibility index (Phi) is 6.93. The summed E-state index contributed by atoms with van der Waals surface area (Å²) < 4.78 is 31.6. The third-order valence-electron chi connectivity index (χ3n) is 4.32. The van der Waals surface area contributed by atoms with Gasteiger partial charge in [0.15, 0.2) is 0 Å². The van der Waals surface area contributed by atoms with E-state index < -0.39 is 25.8 Å². The lowest BCUT2D eigenvalue weighted by atomic mass is 9.92. The van der Waals surface area contributed by atoms with Gasteiger partial charge < -0.3 is 0 Å². The summed E-state index contributed by atoms with van der Waals surface area (Å²) in [6.45, 7) is 15.2. The SMILES string of the molecule is Cc1ccc(S(=O)(=O)OS(CC(=O)C(C)(C)C)(C(C)C)C(C)C)cc1. The average Bonchev–Trinajstić information content (AvgIpc) is 2.45. The summed E-state index contributed by atoms with van der Waals surface area (Å²) in [4.78, 5) is 12.8. The van der Waals surface area contributed by atoms with E-state index in [2.05, 4.69) is 0 Å². The zero-order valence-corrected chi connectivity index (χ0v) is 18.3. The van der Waals surface area contributed by atoms with Crippen LogP contribution in [0.3, 0.4) is 0 Å². The number of carbonyl (C=O) groups is 1. The van der Waals surface area contributed by atoms with E-state index in [0.29, 0.717) is 0 Å². The second-order valence-electron chi connectivity index (χ2n) is 8.03. The summed E-state index contributed by atoms with van der Waals surface area (Å²) in [6, 6.07) is 6.61. The van der Waals surface area contributed by atoms with Crippen LogP contribution in [0, 0.1) is 12.3 Å². The number of benzene rings is 1. The van der Waals surface area contributed by atoms with Crippen molar-refractivity contribution in [2.24, 2.45) is 5.41 Å². The van der Waals surface area contributed by atoms with Crippen molar-refractivity contribution >= 4 is 26.2 Å². The predicted molar refractivity (Wildman–Crippen MR) is 107 cm³/mol. The van der Waals surface area contributed by atoms with Gasteiger partial charge in [-0.15, -0.1) is 10.3 Å². The van der Waals surface area contributed by atoms with Crippen molar-refractivity contribution < 1.29 is 16.8 Å². The van der Waals surface area contributed by atoms with Gasteiger partial charge in [0, 0.05) is 15.9 Å². The Morgan fingerprint density at radius 3 is 1.80 bits per heavy atom. The normalized spacial score (nSPS) is 14.2. The van der Waals surface area contributed by atoms with Crippen LogP contribution in [0.2, 0.25) is 0 Å². The van der Waals surface area contributed by atoms with Crippen LogP contribution in [0.1, 0.15) is 54.0 Å². The van der Waals surface area contributed by atoms with Gasteiger partial charge in [-0.3, -0.25) is 4.79 Å². The van der Waals surface area contributed by atoms with E-state index in [4.69, 9.17) is 3.63 Å². The van der Waals surface area contributed by atoms with E-state index in [1.807, 2.05) is 55.4 Å². The van der Waals surface area contributed by atoms with Gasteiger partial charge in [-0.2, -0.15) is 8.42 Å². The summed E-state index contributed by atoms with van der Waals surface area (Å²) in [6.07, 6.45) is 0. The van der Waals surface area contributed by atoms with Gasteiger partial charge in [-0.05, 0) is 19.1 Å². The molecule has 0 unspecified atom stereocenters. The van der Waals surface area contributed by atoms with Gasteiger partial charge in [-0.25, -0.2) is 3.63 Å². The lowest BCUT2D eigenvalue weighted by Crippen LogP contribution is -2.36. The highest BCUT2D eigenvalue weighted by Gasteiger charge is 2.41. The monoisotopic (exact) mass is 388 g/mol. The minimum absolute atomic E-state index is 0.0315. The van der Waals surface area contributed by atoms with Crippen LogP contribution < -0.4 is 0 Å². The number of Topliss-reactive ketones (excluding diaryl/α,β-unsaturated/α-hetero) is 1. The molecule has 4 nitrogen and oxygen atoms in total. The van der Waals surface area contributed by atoms with Crippen molar-refractivity contribution in [3.05, 3.63) is 29.8 Å². The summed E-state index contributed by atoms with van der Waals surface area (Å²) in [7, 11) is -6.10. The largest absolute Gasteiger partial charge is 0.306 e. The van der Waals surface area contributed by atoms with Gasteiger partial charge in [0.2, 0.25) is 0 Å². The van der Waals surface area contributed by atoms with Gasteiger partial charge in [0.05, 0.1) is 10.6 Å². The fraction of sp³-hybridized carbons (Fsp3) is 0.632. The summed E-state index contributed by atoms with van der Waals surface area (Å²) in [5, 5.41) is -0.113. The van der Waals surface area contributed by atoms with E-state index in [0.717, 1.165) is 5.56 Å². The molecule has 0 aliphatic carbocycles. The number of aryl methyl sites for hydroxylation is 1. The van der Waals surface area contributed by atoms with Crippen LogP contribution in [0.15, 0.2) is 29.2 Å². The van der Waals surface area contributed by atoms with Crippen molar-refractivity contribution in [1.29, 1.82) is 0 Å². The van der Waals surface area contributed by atoms with E-state index >= 15 is 0 Å². The van der Waals surface area contributed by atoms with E-state index in [1.165, 1.54) is 0 Å². The molecule has 144 valence electrons. The zero-order chi connectivity index (χ0) is 19.6. The van der Waals surface area contributed by atoms with Crippen LogP contribution in [0.5, 0.6) is 0 Å². The topological polar surface area (TPSA) is 60.4 Å². The number of hydrogen-bond donors (Lipinski definition) is 0. The molecular formula is C19H32O4S2. The molecule has 6 heteroatoms. The number of hydrogen-bond acceptors (Lipinski definition) is 4. The molecule has 25 heavy (non-hydrogen) atoms. The Bertz CT molecular complexity index is 688. The lowest BCUT2D eigenvalue weighted by Gasteiger charge is -2.46. The standard InChI is InChI=1S/C19H32O4S2/c1-14(2)24(15(3)4,13-18(20)19(6,7)8)23-25(21,22)17-11-9-16(5)10-12-17/h9-12,14-15H,13H2,1-8H3. The summed E-state index contributed by atoms with van der Waals surface area (Å²) in [5.41, 5.74) is 0.451. The maximum absolute atomic E-state index is 12.9. The first-order valence-electron chi connectivity index (χ1n) is 8.57. The molecule has 0 fully saturated rings. The fourth-order valence-corrected chi connectivity index (χ4v) is 8.56. The van der Waals surface area contributed by atoms with Crippen molar-refractivity contribution in [3.63, 3.8) is 0 Å². The number of carbonyl (C=O) groups excluding carboxylic acids is 1. The highest BCUT2D eigenvalue weighted by atomic mass is 32.3. The van der Waals surface area contributed by atoms with Gasteiger partial charge in [-0.1, -0.05) is 66.2 Å². The predicted octanol–water partition coefficient (Wildman–Crippen LogP) is 4.85. The van der Waals surface area contributed by atoms with Gasteiger partial charge in [0.25, 0.3) is 0 Å². The molecule has 0 aliphatic heterocycles. The Hall–Kier alpha value is -0.850. The first-order chi connectivity index (χ1) is 11.2. The molecule has 0 heterocycles. The molecule has 0 saturated heterocycles. The minimum atomic E-state index is -3.93. The molecule has 0 spiro atoms. The van der Waals surface area contributed by atoms with Crippen LogP contribution in [-0.2, 0) is 18.5 Å². The molecule has 1 aromatic rings. The van der Waals surface area contributed by atoms with Crippen LogP contribution in [0.25, 0.3) is 0 Å². The van der Waals surface area contributed by atoms with Crippen LogP contribution in [-0.4, -0.2) is 30.5 Å². The molecular weight excluding hydrogens is 356 g/mol. The molecule has 0 aromatic heterocycles. The summed E-state index contributed by atoms with van der Waals surface area (Å²) in [5.74, 6) is 0.181. The number of rotatable bonds is 7. The molecule has 0 bridgehead atoms. The lowest BCUT2D eigenvalue weighted by molar-refractivity contribution is -0.123. The molecule has 1 rings (SSSR count). The fourth-order valence-electron chi connectivity index (χ4n) is 2.39. The van der Waals surface area contributed by atoms with Crippen molar-refractivity contribution in [3.8, 4) is 0 Å². The maximum atomic E-state index is 12.9. The quantitative estimate of drug-likeness (QED) is 0.670. The van der Waals surface area contributed by atoms with E-state index in [9.17, 15) is 13.2 Å². The molecule has 1 aromatic carbocycles. The Morgan fingerprint density at radius 2 is 1.44 bits per heavy atom. The van der Waals surface area contributed by atoms with Gasteiger partial charge >= 0.3 is 10.1 Å². The Balaban J connectivity index is 3.33. The van der Waals surface area contributed by atoms with Crippen LogP contribution >= 0.6 is 10.3 Å². The molecule has 0 atom stereocenters.